The molecule has 0 bridgehead atoms. The topological polar surface area (TPSA) is 33.7 Å². The SMILES string of the molecule is COC1=CCN2C3=CCCCC3NC(OCCC(C)C)C12. The molecule has 1 N–H and O–H groups in total. The van der Waals surface area contributed by atoms with Crippen LogP contribution in [0.15, 0.2) is 23.6 Å². The van der Waals surface area contributed by atoms with Crippen molar-refractivity contribution < 1.29 is 9.47 Å². The van der Waals surface area contributed by atoms with Gasteiger partial charge in [-0.2, -0.15) is 0 Å². The lowest BCUT2D eigenvalue weighted by molar-refractivity contribution is -0.0503. The number of hydrogen-bond donors (Lipinski definition) is 1. The fourth-order valence-corrected chi connectivity index (χ4v) is 3.57. The molecule has 0 spiro atoms. The van der Waals surface area contributed by atoms with Crippen molar-refractivity contribution in [1.82, 2.24) is 10.2 Å². The van der Waals surface area contributed by atoms with Crippen molar-refractivity contribution in [2.75, 3.05) is 20.3 Å². The average Bonchev–Trinajstić information content (AvgIpc) is 2.91. The third kappa shape index (κ3) is 2.97. The Hall–Kier alpha value is -1.00. The molecule has 2 aliphatic heterocycles. The van der Waals surface area contributed by atoms with Gasteiger partial charge in [0.2, 0.25) is 0 Å². The molecule has 0 amide bonds. The lowest BCUT2D eigenvalue weighted by atomic mass is 9.94. The molecule has 3 unspecified atom stereocenters. The van der Waals surface area contributed by atoms with Crippen LogP contribution in [0.5, 0.6) is 0 Å². The van der Waals surface area contributed by atoms with Crippen molar-refractivity contribution >= 4 is 0 Å². The zero-order valence-electron chi connectivity index (χ0n) is 13.5. The number of allylic oxidation sites excluding steroid dienone is 1. The highest BCUT2D eigenvalue weighted by Gasteiger charge is 2.44. The van der Waals surface area contributed by atoms with Crippen LogP contribution in [0.2, 0.25) is 0 Å². The maximum Gasteiger partial charge on any atom is 0.136 e. The summed E-state index contributed by atoms with van der Waals surface area (Å²) in [5.74, 6) is 1.72. The minimum atomic E-state index is 0.0395. The molecule has 2 heterocycles. The second-order valence-electron chi connectivity index (χ2n) is 6.66. The van der Waals surface area contributed by atoms with E-state index in [0.29, 0.717) is 12.0 Å². The third-order valence-electron chi connectivity index (χ3n) is 4.74. The summed E-state index contributed by atoms with van der Waals surface area (Å²) in [6.07, 6.45) is 9.40. The maximum absolute atomic E-state index is 6.19. The van der Waals surface area contributed by atoms with E-state index in [2.05, 4.69) is 36.2 Å². The summed E-state index contributed by atoms with van der Waals surface area (Å²) in [5, 5.41) is 3.71. The molecule has 3 rings (SSSR count). The first-order valence-electron chi connectivity index (χ1n) is 8.29. The molecule has 3 atom stereocenters. The predicted octanol–water partition coefficient (Wildman–Crippen LogP) is 2.63. The van der Waals surface area contributed by atoms with Crippen molar-refractivity contribution in [2.24, 2.45) is 5.92 Å². The normalized spacial score (nSPS) is 31.6. The lowest BCUT2D eigenvalue weighted by Gasteiger charge is -2.46. The number of fused-ring (bicyclic) bond motifs is 3. The highest BCUT2D eigenvalue weighted by atomic mass is 16.5. The summed E-state index contributed by atoms with van der Waals surface area (Å²) < 4.78 is 11.8. The van der Waals surface area contributed by atoms with Gasteiger partial charge < -0.3 is 14.4 Å². The first kappa shape index (κ1) is 14.9. The summed E-state index contributed by atoms with van der Waals surface area (Å²) in [5.41, 5.74) is 1.44. The summed E-state index contributed by atoms with van der Waals surface area (Å²) >= 11 is 0. The van der Waals surface area contributed by atoms with Crippen LogP contribution >= 0.6 is 0 Å². The monoisotopic (exact) mass is 292 g/mol. The molecule has 21 heavy (non-hydrogen) atoms. The Kier molecular flexibility index (Phi) is 4.55. The molecule has 0 aromatic heterocycles. The quantitative estimate of drug-likeness (QED) is 0.844. The Morgan fingerprint density at radius 1 is 1.38 bits per heavy atom. The van der Waals surface area contributed by atoms with Gasteiger partial charge in [-0.25, -0.2) is 0 Å². The van der Waals surface area contributed by atoms with E-state index in [1.165, 1.54) is 25.0 Å². The number of nitrogens with one attached hydrogen (secondary N) is 1. The number of ether oxygens (including phenoxy) is 2. The van der Waals surface area contributed by atoms with Gasteiger partial charge in [-0.15, -0.1) is 0 Å². The predicted molar refractivity (Wildman–Crippen MR) is 83.6 cm³/mol. The summed E-state index contributed by atoms with van der Waals surface area (Å²) in [6.45, 7) is 6.23. The summed E-state index contributed by atoms with van der Waals surface area (Å²) in [4.78, 5) is 2.47. The number of rotatable bonds is 5. The van der Waals surface area contributed by atoms with Crippen LogP contribution in [-0.2, 0) is 9.47 Å². The highest BCUT2D eigenvalue weighted by molar-refractivity contribution is 5.28. The molecule has 4 heteroatoms. The van der Waals surface area contributed by atoms with Crippen LogP contribution < -0.4 is 5.32 Å². The molecule has 1 aliphatic carbocycles. The van der Waals surface area contributed by atoms with Crippen molar-refractivity contribution in [3.8, 4) is 0 Å². The fraction of sp³-hybridized carbons (Fsp3) is 0.765. The van der Waals surface area contributed by atoms with Gasteiger partial charge in [-0.3, -0.25) is 5.32 Å². The number of nitrogens with zero attached hydrogens (tertiary/aromatic N) is 1. The zero-order chi connectivity index (χ0) is 14.8. The van der Waals surface area contributed by atoms with Crippen LogP contribution in [0.3, 0.4) is 0 Å². The second-order valence-corrected chi connectivity index (χ2v) is 6.66. The van der Waals surface area contributed by atoms with Crippen LogP contribution in [0.4, 0.5) is 0 Å². The molecular formula is C17H28N2O2. The molecule has 118 valence electrons. The van der Waals surface area contributed by atoms with Gasteiger partial charge in [-0.05, 0) is 37.7 Å². The number of piperazine rings is 1. The van der Waals surface area contributed by atoms with Gasteiger partial charge in [0, 0.05) is 24.9 Å². The summed E-state index contributed by atoms with van der Waals surface area (Å²) in [6, 6.07) is 0.645. The minimum absolute atomic E-state index is 0.0395. The molecule has 3 aliphatic rings. The van der Waals surface area contributed by atoms with Crippen LogP contribution in [0.1, 0.15) is 39.5 Å². The van der Waals surface area contributed by atoms with E-state index >= 15 is 0 Å². The van der Waals surface area contributed by atoms with Gasteiger partial charge in [0.15, 0.2) is 0 Å². The molecule has 0 radical (unpaired) electrons. The second kappa shape index (κ2) is 6.41. The van der Waals surface area contributed by atoms with Crippen molar-refractivity contribution in [3.05, 3.63) is 23.6 Å². The van der Waals surface area contributed by atoms with Gasteiger partial charge in [-0.1, -0.05) is 19.9 Å². The third-order valence-corrected chi connectivity index (χ3v) is 4.74. The van der Waals surface area contributed by atoms with E-state index < -0.39 is 0 Å². The van der Waals surface area contributed by atoms with Crippen molar-refractivity contribution in [1.29, 1.82) is 0 Å². The van der Waals surface area contributed by atoms with Crippen molar-refractivity contribution in [2.45, 2.75) is 57.8 Å². The Balaban J connectivity index is 1.74. The van der Waals surface area contributed by atoms with Gasteiger partial charge in [0.25, 0.3) is 0 Å². The lowest BCUT2D eigenvalue weighted by Crippen LogP contribution is -2.61. The standard InChI is InChI=1S/C17H28N2O2/c1-12(2)9-11-21-17-16-15(20-3)8-10-19(16)14-7-5-4-6-13(14)18-17/h7-8,12-13,16-18H,4-6,9-11H2,1-3H3. The van der Waals surface area contributed by atoms with Gasteiger partial charge >= 0.3 is 0 Å². The number of hydrogen-bond acceptors (Lipinski definition) is 4. The molecule has 0 aromatic carbocycles. The molecule has 0 saturated carbocycles. The fourth-order valence-electron chi connectivity index (χ4n) is 3.57. The molecule has 4 nitrogen and oxygen atoms in total. The molecule has 1 saturated heterocycles. The van der Waals surface area contributed by atoms with E-state index in [1.807, 2.05) is 0 Å². The van der Waals surface area contributed by atoms with Crippen LogP contribution in [-0.4, -0.2) is 43.5 Å². The smallest absolute Gasteiger partial charge is 0.136 e. The van der Waals surface area contributed by atoms with Gasteiger partial charge in [0.1, 0.15) is 18.0 Å². The molecular weight excluding hydrogens is 264 g/mol. The Bertz CT molecular complexity index is 431. The van der Waals surface area contributed by atoms with E-state index in [0.717, 1.165) is 25.3 Å². The van der Waals surface area contributed by atoms with E-state index in [9.17, 15) is 0 Å². The maximum atomic E-state index is 6.19. The van der Waals surface area contributed by atoms with Gasteiger partial charge in [0.05, 0.1) is 7.11 Å². The van der Waals surface area contributed by atoms with Crippen LogP contribution in [0, 0.1) is 5.92 Å². The van der Waals surface area contributed by atoms with E-state index in [-0.39, 0.29) is 12.3 Å². The van der Waals surface area contributed by atoms with Crippen LogP contribution in [0.25, 0.3) is 0 Å². The first-order valence-corrected chi connectivity index (χ1v) is 8.29. The first-order chi connectivity index (χ1) is 10.2. The Labute approximate surface area is 128 Å². The van der Waals surface area contributed by atoms with E-state index in [4.69, 9.17) is 9.47 Å². The largest absolute Gasteiger partial charge is 0.499 e. The molecule has 0 aromatic rings. The number of methoxy groups -OCH3 is 1. The van der Waals surface area contributed by atoms with E-state index in [1.54, 1.807) is 7.11 Å². The Morgan fingerprint density at radius 2 is 2.24 bits per heavy atom. The molecule has 1 fully saturated rings. The Morgan fingerprint density at radius 3 is 3.00 bits per heavy atom. The minimum Gasteiger partial charge on any atom is -0.499 e. The zero-order valence-corrected chi connectivity index (χ0v) is 13.5. The average molecular weight is 292 g/mol. The highest BCUT2D eigenvalue weighted by Crippen LogP contribution is 2.35. The van der Waals surface area contributed by atoms with Crippen molar-refractivity contribution in [3.63, 3.8) is 0 Å². The summed E-state index contributed by atoms with van der Waals surface area (Å²) in [7, 11) is 1.77.